The van der Waals surface area contributed by atoms with Crippen LogP contribution in [0.4, 0.5) is 0 Å². The van der Waals surface area contributed by atoms with Gasteiger partial charge < -0.3 is 10.5 Å². The summed E-state index contributed by atoms with van der Waals surface area (Å²) in [4.78, 5) is 35.2. The lowest BCUT2D eigenvalue weighted by Crippen LogP contribution is -2.29. The van der Waals surface area contributed by atoms with Crippen LogP contribution >= 0.6 is 0 Å². The number of hydrogen-bond donors (Lipinski definition) is 1. The summed E-state index contributed by atoms with van der Waals surface area (Å²) in [5.74, 6) is -1.36. The first-order valence-corrected chi connectivity index (χ1v) is 6.85. The smallest absolute Gasteiger partial charge is 0.359 e. The fraction of sp³-hybridized carbons (Fsp3) is 0.333. The maximum absolute atomic E-state index is 12.4. The zero-order valence-electron chi connectivity index (χ0n) is 12.4. The number of ether oxygens (including phenoxy) is 1. The highest BCUT2D eigenvalue weighted by Crippen LogP contribution is 2.14. The third-order valence-corrected chi connectivity index (χ3v) is 2.94. The normalized spacial score (nSPS) is 10.9. The van der Waals surface area contributed by atoms with E-state index in [0.717, 1.165) is 0 Å². The number of nitrogens with zero attached hydrogens (tertiary/aromatic N) is 2. The minimum atomic E-state index is -0.785. The van der Waals surface area contributed by atoms with E-state index in [-0.39, 0.29) is 17.2 Å². The molecule has 0 unspecified atom stereocenters. The van der Waals surface area contributed by atoms with Crippen LogP contribution in [-0.2, 0) is 16.1 Å². The third kappa shape index (κ3) is 3.30. The molecule has 0 saturated carbocycles. The maximum Gasteiger partial charge on any atom is 0.359 e. The van der Waals surface area contributed by atoms with Gasteiger partial charge in [-0.3, -0.25) is 9.59 Å². The van der Waals surface area contributed by atoms with E-state index >= 15 is 0 Å². The van der Waals surface area contributed by atoms with Crippen LogP contribution in [0.3, 0.4) is 0 Å². The number of aromatic nitrogens is 2. The Kier molecular flexibility index (Phi) is 4.55. The van der Waals surface area contributed by atoms with Crippen LogP contribution in [0.1, 0.15) is 24.3 Å². The molecule has 0 bridgehead atoms. The molecule has 0 spiro atoms. The van der Waals surface area contributed by atoms with Crippen LogP contribution in [0.25, 0.3) is 10.8 Å². The second kappa shape index (κ2) is 6.38. The summed E-state index contributed by atoms with van der Waals surface area (Å²) < 4.78 is 6.05. The van der Waals surface area contributed by atoms with Gasteiger partial charge in [-0.2, -0.15) is 5.10 Å². The maximum atomic E-state index is 12.4. The van der Waals surface area contributed by atoms with Gasteiger partial charge in [0, 0.05) is 11.9 Å². The summed E-state index contributed by atoms with van der Waals surface area (Å²) in [6.45, 7) is 3.72. The molecule has 7 nitrogen and oxygen atoms in total. The van der Waals surface area contributed by atoms with Crippen LogP contribution < -0.4 is 11.3 Å². The van der Waals surface area contributed by atoms with Crippen molar-refractivity contribution in [3.63, 3.8) is 0 Å². The number of primary amides is 1. The Labute approximate surface area is 126 Å². The molecule has 1 heterocycles. The largest absolute Gasteiger partial charge is 0.451 e. The predicted octanol–water partition coefficient (Wildman–Crippen LogP) is 0.695. The van der Waals surface area contributed by atoms with Gasteiger partial charge in [-0.25, -0.2) is 9.48 Å². The van der Waals surface area contributed by atoms with Gasteiger partial charge in [0.1, 0.15) is 0 Å². The van der Waals surface area contributed by atoms with Crippen molar-refractivity contribution in [3.05, 3.63) is 40.3 Å². The first-order valence-electron chi connectivity index (χ1n) is 6.85. The Morgan fingerprint density at radius 1 is 1.27 bits per heavy atom. The standard InChI is InChI=1S/C15H17N3O4/c1-9(2)7-18-14(20)11-6-4-3-5-10(11)13(17-18)15(21)22-8-12(16)19/h3-6,9H,7-8H2,1-2H3,(H2,16,19). The Morgan fingerprint density at radius 2 is 1.91 bits per heavy atom. The van der Waals surface area contributed by atoms with Crippen molar-refractivity contribution in [2.45, 2.75) is 20.4 Å². The van der Waals surface area contributed by atoms with Crippen LogP contribution in [0.5, 0.6) is 0 Å². The number of carbonyl (C=O) groups excluding carboxylic acids is 2. The number of amides is 1. The highest BCUT2D eigenvalue weighted by molar-refractivity contribution is 6.02. The van der Waals surface area contributed by atoms with Crippen LogP contribution in [-0.4, -0.2) is 28.3 Å². The fourth-order valence-corrected chi connectivity index (χ4v) is 2.06. The van der Waals surface area contributed by atoms with Gasteiger partial charge in [0.25, 0.3) is 11.5 Å². The molecule has 2 N–H and O–H groups in total. The molecule has 2 aromatic rings. The van der Waals surface area contributed by atoms with E-state index in [9.17, 15) is 14.4 Å². The molecule has 7 heteroatoms. The highest BCUT2D eigenvalue weighted by atomic mass is 16.5. The number of nitrogens with two attached hydrogens (primary N) is 1. The van der Waals surface area contributed by atoms with Crippen molar-refractivity contribution in [2.24, 2.45) is 11.7 Å². The molecule has 116 valence electrons. The van der Waals surface area contributed by atoms with Gasteiger partial charge in [0.05, 0.1) is 5.39 Å². The molecular formula is C15H17N3O4. The van der Waals surface area contributed by atoms with E-state index in [1.807, 2.05) is 13.8 Å². The number of benzene rings is 1. The number of fused-ring (bicyclic) bond motifs is 1. The first kappa shape index (κ1) is 15.7. The van der Waals surface area contributed by atoms with Crippen LogP contribution in [0.15, 0.2) is 29.1 Å². The topological polar surface area (TPSA) is 104 Å². The van der Waals surface area contributed by atoms with Crippen molar-refractivity contribution in [3.8, 4) is 0 Å². The molecule has 0 aliphatic heterocycles. The van der Waals surface area contributed by atoms with E-state index in [2.05, 4.69) is 5.10 Å². The van der Waals surface area contributed by atoms with E-state index in [4.69, 9.17) is 10.5 Å². The van der Waals surface area contributed by atoms with Crippen LogP contribution in [0, 0.1) is 5.92 Å². The first-order chi connectivity index (χ1) is 10.4. The molecule has 2 rings (SSSR count). The summed E-state index contributed by atoms with van der Waals surface area (Å²) in [5, 5.41) is 4.87. The van der Waals surface area contributed by atoms with Gasteiger partial charge in [-0.15, -0.1) is 0 Å². The van der Waals surface area contributed by atoms with Crippen molar-refractivity contribution < 1.29 is 14.3 Å². The van der Waals surface area contributed by atoms with Crippen molar-refractivity contribution in [2.75, 3.05) is 6.61 Å². The van der Waals surface area contributed by atoms with Gasteiger partial charge in [0.2, 0.25) is 0 Å². The number of hydrogen-bond acceptors (Lipinski definition) is 5. The lowest BCUT2D eigenvalue weighted by Gasteiger charge is -2.11. The lowest BCUT2D eigenvalue weighted by atomic mass is 10.1. The van der Waals surface area contributed by atoms with Crippen molar-refractivity contribution in [1.82, 2.24) is 9.78 Å². The molecule has 0 aliphatic carbocycles. The monoisotopic (exact) mass is 303 g/mol. The van der Waals surface area contributed by atoms with Crippen molar-refractivity contribution >= 4 is 22.6 Å². The van der Waals surface area contributed by atoms with E-state index in [1.54, 1.807) is 24.3 Å². The number of carbonyl (C=O) groups is 2. The Morgan fingerprint density at radius 3 is 2.50 bits per heavy atom. The Hall–Kier alpha value is -2.70. The van der Waals surface area contributed by atoms with Gasteiger partial charge in [0.15, 0.2) is 12.3 Å². The van der Waals surface area contributed by atoms with E-state index in [1.165, 1.54) is 4.68 Å². The molecule has 1 aromatic heterocycles. The highest BCUT2D eigenvalue weighted by Gasteiger charge is 2.18. The zero-order valence-corrected chi connectivity index (χ0v) is 12.4. The van der Waals surface area contributed by atoms with E-state index in [0.29, 0.717) is 17.3 Å². The molecular weight excluding hydrogens is 286 g/mol. The summed E-state index contributed by atoms with van der Waals surface area (Å²) in [6, 6.07) is 6.65. The van der Waals surface area contributed by atoms with Crippen LogP contribution in [0.2, 0.25) is 0 Å². The van der Waals surface area contributed by atoms with Gasteiger partial charge in [-0.1, -0.05) is 32.0 Å². The predicted molar refractivity (Wildman–Crippen MR) is 80.3 cm³/mol. The number of rotatable bonds is 5. The summed E-state index contributed by atoms with van der Waals surface area (Å²) in [7, 11) is 0. The zero-order chi connectivity index (χ0) is 16.3. The van der Waals surface area contributed by atoms with Crippen molar-refractivity contribution in [1.29, 1.82) is 0 Å². The Balaban J connectivity index is 2.56. The SMILES string of the molecule is CC(C)Cn1nc(C(=O)OCC(N)=O)c2ccccc2c1=O. The summed E-state index contributed by atoms with van der Waals surface area (Å²) in [5.41, 5.74) is 4.69. The lowest BCUT2D eigenvalue weighted by molar-refractivity contribution is -0.121. The quantitative estimate of drug-likeness (QED) is 0.818. The molecule has 0 radical (unpaired) electrons. The van der Waals surface area contributed by atoms with Gasteiger partial charge in [-0.05, 0) is 12.0 Å². The Bertz CT molecular complexity index is 780. The molecule has 22 heavy (non-hydrogen) atoms. The second-order valence-electron chi connectivity index (χ2n) is 5.32. The fourth-order valence-electron chi connectivity index (χ4n) is 2.06. The molecule has 0 fully saturated rings. The molecule has 1 aromatic carbocycles. The average Bonchev–Trinajstić information content (AvgIpc) is 2.47. The van der Waals surface area contributed by atoms with Gasteiger partial charge >= 0.3 is 5.97 Å². The summed E-state index contributed by atoms with van der Waals surface area (Å²) >= 11 is 0. The summed E-state index contributed by atoms with van der Waals surface area (Å²) in [6.07, 6.45) is 0. The molecule has 1 amide bonds. The minimum absolute atomic E-state index is 0.00269. The average molecular weight is 303 g/mol. The second-order valence-corrected chi connectivity index (χ2v) is 5.32. The molecule has 0 atom stereocenters. The molecule has 0 saturated heterocycles. The number of esters is 1. The molecule has 0 aliphatic rings. The van der Waals surface area contributed by atoms with E-state index < -0.39 is 18.5 Å². The minimum Gasteiger partial charge on any atom is -0.451 e. The third-order valence-electron chi connectivity index (χ3n) is 2.94.